The highest BCUT2D eigenvalue weighted by molar-refractivity contribution is 9.10. The quantitative estimate of drug-likeness (QED) is 0.320. The summed E-state index contributed by atoms with van der Waals surface area (Å²) >= 11 is 16.4. The lowest BCUT2D eigenvalue weighted by Gasteiger charge is -2.30. The van der Waals surface area contributed by atoms with Gasteiger partial charge in [0.25, 0.3) is 11.1 Å². The van der Waals surface area contributed by atoms with Gasteiger partial charge in [0, 0.05) is 52.5 Å². The van der Waals surface area contributed by atoms with E-state index in [1.165, 1.54) is 0 Å². The van der Waals surface area contributed by atoms with Crippen LogP contribution in [0.3, 0.4) is 0 Å². The number of carbonyl (C=O) groups excluding carboxylic acids is 4. The molecule has 2 heterocycles. The second-order valence-electron chi connectivity index (χ2n) is 11.0. The van der Waals surface area contributed by atoms with E-state index in [1.54, 1.807) is 29.2 Å². The second kappa shape index (κ2) is 12.8. The van der Waals surface area contributed by atoms with Gasteiger partial charge in [-0.2, -0.15) is 0 Å². The normalized spacial score (nSPS) is 20.2. The Morgan fingerprint density at radius 3 is 2.51 bits per heavy atom. The van der Waals surface area contributed by atoms with Crippen molar-refractivity contribution >= 4 is 80.1 Å². The first-order valence-corrected chi connectivity index (χ1v) is 15.3. The van der Waals surface area contributed by atoms with Crippen molar-refractivity contribution in [3.63, 3.8) is 0 Å². The van der Waals surface area contributed by atoms with Crippen LogP contribution in [0.5, 0.6) is 0 Å². The molecular formula is C29H30BrCl2N3O5S. The molecule has 0 aromatic heterocycles. The van der Waals surface area contributed by atoms with Crippen LogP contribution in [0.15, 0.2) is 51.8 Å². The summed E-state index contributed by atoms with van der Waals surface area (Å²) in [5.41, 5.74) is 0.282. The number of benzene rings is 2. The van der Waals surface area contributed by atoms with Gasteiger partial charge in [0.2, 0.25) is 5.91 Å². The van der Waals surface area contributed by atoms with E-state index in [0.717, 1.165) is 26.7 Å². The molecule has 41 heavy (non-hydrogen) atoms. The predicted molar refractivity (Wildman–Crippen MR) is 165 cm³/mol. The molecule has 0 spiro atoms. The first kappa shape index (κ1) is 31.4. The van der Waals surface area contributed by atoms with E-state index in [1.807, 2.05) is 45.0 Å². The summed E-state index contributed by atoms with van der Waals surface area (Å²) < 4.78 is 6.47. The first-order chi connectivity index (χ1) is 19.3. The first-order valence-electron chi connectivity index (χ1n) is 13.0. The lowest BCUT2D eigenvalue weighted by atomic mass is 9.76. The highest BCUT2D eigenvalue weighted by Crippen LogP contribution is 2.39. The number of halogens is 3. The monoisotopic (exact) mass is 681 g/mol. The molecule has 1 N–H and O–H groups in total. The van der Waals surface area contributed by atoms with Crippen LogP contribution in [0.2, 0.25) is 10.0 Å². The lowest BCUT2D eigenvalue weighted by molar-refractivity contribution is -0.124. The van der Waals surface area contributed by atoms with Crippen LogP contribution in [-0.4, -0.2) is 64.7 Å². The van der Waals surface area contributed by atoms with Crippen LogP contribution in [-0.2, 0) is 19.7 Å². The summed E-state index contributed by atoms with van der Waals surface area (Å²) in [5.74, 6) is -0.690. The SMILES string of the molecule is CC(C)(C)OC(=O)N1CCC(CC(=O)NCCN2C(=O)S/C(=C/c3ccc(Cl)cc3Cl)C2=O)(c2ccc(Br)cc2)C1. The van der Waals surface area contributed by atoms with Crippen molar-refractivity contribution in [2.24, 2.45) is 0 Å². The van der Waals surface area contributed by atoms with Crippen LogP contribution in [0.1, 0.15) is 44.7 Å². The van der Waals surface area contributed by atoms with Crippen LogP contribution in [0, 0.1) is 0 Å². The average molecular weight is 683 g/mol. The summed E-state index contributed by atoms with van der Waals surface area (Å²) in [6, 6.07) is 12.6. The third-order valence-corrected chi connectivity index (χ3v) is 8.74. The van der Waals surface area contributed by atoms with Crippen LogP contribution < -0.4 is 5.32 Å². The number of carbonyl (C=O) groups is 4. The van der Waals surface area contributed by atoms with E-state index in [-0.39, 0.29) is 30.3 Å². The van der Waals surface area contributed by atoms with E-state index < -0.39 is 28.3 Å². The van der Waals surface area contributed by atoms with Gasteiger partial charge in [-0.15, -0.1) is 0 Å². The van der Waals surface area contributed by atoms with Gasteiger partial charge in [-0.1, -0.05) is 57.3 Å². The fourth-order valence-electron chi connectivity index (χ4n) is 4.77. The molecule has 0 aliphatic carbocycles. The van der Waals surface area contributed by atoms with Crippen LogP contribution >= 0.6 is 50.9 Å². The standard InChI is InChI=1S/C29H30BrCl2N3O5S/c1-28(2,3)40-26(38)34-12-10-29(17-34,19-5-7-20(30)8-6-19)16-24(36)33-11-13-35-25(37)23(41-27(35)39)14-18-4-9-21(31)15-22(18)32/h4-9,14-15H,10-13,16-17H2,1-3H3,(H,33,36)/b23-14+. The number of amides is 4. The van der Waals surface area contributed by atoms with Gasteiger partial charge in [-0.25, -0.2) is 4.79 Å². The largest absolute Gasteiger partial charge is 0.444 e. The zero-order valence-corrected chi connectivity index (χ0v) is 26.8. The number of hydrogen-bond donors (Lipinski definition) is 1. The summed E-state index contributed by atoms with van der Waals surface area (Å²) in [6.45, 7) is 6.36. The smallest absolute Gasteiger partial charge is 0.410 e. The van der Waals surface area contributed by atoms with Crippen molar-refractivity contribution in [3.8, 4) is 0 Å². The van der Waals surface area contributed by atoms with E-state index in [2.05, 4.69) is 21.2 Å². The zero-order chi connectivity index (χ0) is 29.9. The Hall–Kier alpha value is -2.53. The molecule has 1 unspecified atom stereocenters. The Labute approximate surface area is 261 Å². The molecule has 0 bridgehead atoms. The second-order valence-corrected chi connectivity index (χ2v) is 13.7. The van der Waals surface area contributed by atoms with Gasteiger partial charge in [-0.05, 0) is 80.4 Å². The molecule has 2 aromatic carbocycles. The molecule has 4 amide bonds. The van der Waals surface area contributed by atoms with Crippen molar-refractivity contribution in [2.45, 2.75) is 44.6 Å². The summed E-state index contributed by atoms with van der Waals surface area (Å²) in [4.78, 5) is 54.4. The lowest BCUT2D eigenvalue weighted by Crippen LogP contribution is -2.42. The number of ether oxygens (including phenoxy) is 1. The third-order valence-electron chi connectivity index (χ3n) is 6.74. The minimum absolute atomic E-state index is 0.0252. The number of rotatable bonds is 7. The van der Waals surface area contributed by atoms with Gasteiger partial charge in [-0.3, -0.25) is 19.3 Å². The Morgan fingerprint density at radius 2 is 1.85 bits per heavy atom. The molecule has 0 saturated carbocycles. The van der Waals surface area contributed by atoms with Gasteiger partial charge in [0.15, 0.2) is 0 Å². The molecule has 2 aliphatic heterocycles. The number of nitrogens with one attached hydrogen (secondary N) is 1. The van der Waals surface area contributed by atoms with Gasteiger partial charge in [0.05, 0.1) is 4.91 Å². The number of thioether (sulfide) groups is 1. The van der Waals surface area contributed by atoms with E-state index in [4.69, 9.17) is 27.9 Å². The fourth-order valence-corrected chi connectivity index (χ4v) is 6.35. The molecule has 1 atom stereocenters. The van der Waals surface area contributed by atoms with Crippen LogP contribution in [0.4, 0.5) is 9.59 Å². The van der Waals surface area contributed by atoms with Crippen molar-refractivity contribution in [3.05, 3.63) is 73.0 Å². The molecule has 8 nitrogen and oxygen atoms in total. The summed E-state index contributed by atoms with van der Waals surface area (Å²) in [6.07, 6.45) is 1.86. The predicted octanol–water partition coefficient (Wildman–Crippen LogP) is 6.88. The van der Waals surface area contributed by atoms with E-state index in [9.17, 15) is 19.2 Å². The van der Waals surface area contributed by atoms with Crippen molar-refractivity contribution in [1.29, 1.82) is 0 Å². The van der Waals surface area contributed by atoms with Crippen molar-refractivity contribution < 1.29 is 23.9 Å². The molecule has 2 aliphatic rings. The maximum Gasteiger partial charge on any atom is 0.410 e. The Bertz CT molecular complexity index is 1400. The van der Waals surface area contributed by atoms with Gasteiger partial charge >= 0.3 is 6.09 Å². The molecule has 218 valence electrons. The number of nitrogens with zero attached hydrogens (tertiary/aromatic N) is 2. The molecule has 4 rings (SSSR count). The minimum Gasteiger partial charge on any atom is -0.444 e. The average Bonchev–Trinajstić information content (AvgIpc) is 3.42. The highest BCUT2D eigenvalue weighted by Gasteiger charge is 2.44. The van der Waals surface area contributed by atoms with Gasteiger partial charge in [0.1, 0.15) is 5.60 Å². The van der Waals surface area contributed by atoms with Crippen molar-refractivity contribution in [2.75, 3.05) is 26.2 Å². The Morgan fingerprint density at radius 1 is 1.15 bits per heavy atom. The third kappa shape index (κ3) is 7.85. The maximum absolute atomic E-state index is 13.2. The van der Waals surface area contributed by atoms with Crippen molar-refractivity contribution in [1.82, 2.24) is 15.1 Å². The van der Waals surface area contributed by atoms with Crippen LogP contribution in [0.25, 0.3) is 6.08 Å². The number of likely N-dealkylation sites (tertiary alicyclic amines) is 1. The Kier molecular flexibility index (Phi) is 9.78. The molecule has 2 fully saturated rings. The zero-order valence-electron chi connectivity index (χ0n) is 22.8. The highest BCUT2D eigenvalue weighted by atomic mass is 79.9. The fraction of sp³-hybridized carbons (Fsp3) is 0.379. The molecule has 2 saturated heterocycles. The van der Waals surface area contributed by atoms with E-state index in [0.29, 0.717) is 35.1 Å². The number of imide groups is 1. The Balaban J connectivity index is 1.39. The minimum atomic E-state index is -0.629. The molecular weight excluding hydrogens is 653 g/mol. The summed E-state index contributed by atoms with van der Waals surface area (Å²) in [7, 11) is 0. The molecule has 0 radical (unpaired) electrons. The number of hydrogen-bond acceptors (Lipinski definition) is 6. The topological polar surface area (TPSA) is 96.0 Å². The van der Waals surface area contributed by atoms with Gasteiger partial charge < -0.3 is 15.0 Å². The summed E-state index contributed by atoms with van der Waals surface area (Å²) in [5, 5.41) is 3.27. The van der Waals surface area contributed by atoms with E-state index >= 15 is 0 Å². The maximum atomic E-state index is 13.2. The molecule has 2 aromatic rings. The molecule has 12 heteroatoms.